The quantitative estimate of drug-likeness (QED) is 0.854. The Labute approximate surface area is 99.3 Å². The summed E-state index contributed by atoms with van der Waals surface area (Å²) in [4.78, 5) is 17.3. The van der Waals surface area contributed by atoms with E-state index in [1.165, 1.54) is 11.5 Å². The Kier molecular flexibility index (Phi) is 3.85. The smallest absolute Gasteiger partial charge is 0.329 e. The summed E-state index contributed by atoms with van der Waals surface area (Å²) in [6.07, 6.45) is 0.765. The minimum atomic E-state index is -0.959. The van der Waals surface area contributed by atoms with Crippen LogP contribution in [0.15, 0.2) is 0 Å². The van der Waals surface area contributed by atoms with Crippen molar-refractivity contribution in [2.75, 3.05) is 11.4 Å². The molecule has 0 atom stereocenters. The van der Waals surface area contributed by atoms with Crippen molar-refractivity contribution in [1.82, 2.24) is 9.36 Å². The van der Waals surface area contributed by atoms with Gasteiger partial charge in [-0.15, -0.1) is 0 Å². The van der Waals surface area contributed by atoms with Gasteiger partial charge in [-0.3, -0.25) is 0 Å². The molecular formula is C10H17N3O2S. The highest BCUT2D eigenvalue weighted by atomic mass is 32.1. The zero-order chi connectivity index (χ0) is 12.3. The topological polar surface area (TPSA) is 66.3 Å². The largest absolute Gasteiger partial charge is 0.480 e. The Hall–Kier alpha value is -1.17. The first-order chi connectivity index (χ1) is 7.43. The maximum atomic E-state index is 11.2. The number of anilines is 1. The maximum absolute atomic E-state index is 11.2. The standard InChI is InChI=1S/C10H17N3O2S/c1-5-7-11-9(16-12-7)13(6-2)10(3,4)8(14)15/h5-6H2,1-4H3,(H,14,15). The van der Waals surface area contributed by atoms with E-state index < -0.39 is 11.5 Å². The average Bonchev–Trinajstić information content (AvgIpc) is 2.66. The van der Waals surface area contributed by atoms with Gasteiger partial charge in [0.05, 0.1) is 0 Å². The molecule has 5 nitrogen and oxygen atoms in total. The number of nitrogens with zero attached hydrogens (tertiary/aromatic N) is 3. The second-order valence-corrected chi connectivity index (χ2v) is 4.69. The molecule has 0 saturated heterocycles. The van der Waals surface area contributed by atoms with Gasteiger partial charge in [-0.25, -0.2) is 9.78 Å². The van der Waals surface area contributed by atoms with Crippen molar-refractivity contribution >= 4 is 22.6 Å². The zero-order valence-corrected chi connectivity index (χ0v) is 10.8. The van der Waals surface area contributed by atoms with Crippen molar-refractivity contribution < 1.29 is 9.90 Å². The zero-order valence-electron chi connectivity index (χ0n) is 10.0. The molecule has 0 fully saturated rings. The number of aromatic nitrogens is 2. The third-order valence-corrected chi connectivity index (χ3v) is 3.30. The molecule has 6 heteroatoms. The van der Waals surface area contributed by atoms with Gasteiger partial charge in [-0.2, -0.15) is 4.37 Å². The van der Waals surface area contributed by atoms with E-state index in [1.54, 1.807) is 18.7 Å². The first-order valence-electron chi connectivity index (χ1n) is 5.27. The van der Waals surface area contributed by atoms with E-state index in [0.717, 1.165) is 12.2 Å². The molecule has 0 radical (unpaired) electrons. The summed E-state index contributed by atoms with van der Waals surface area (Å²) in [5, 5.41) is 9.86. The molecule has 1 N–H and O–H groups in total. The predicted molar refractivity (Wildman–Crippen MR) is 64.0 cm³/mol. The Morgan fingerprint density at radius 3 is 2.50 bits per heavy atom. The van der Waals surface area contributed by atoms with Gasteiger partial charge in [0.25, 0.3) is 0 Å². The van der Waals surface area contributed by atoms with Gasteiger partial charge in [0.15, 0.2) is 0 Å². The van der Waals surface area contributed by atoms with Crippen LogP contribution in [0.25, 0.3) is 0 Å². The van der Waals surface area contributed by atoms with Gasteiger partial charge in [0.2, 0.25) is 5.13 Å². The summed E-state index contributed by atoms with van der Waals surface area (Å²) in [5.74, 6) is -0.0952. The van der Waals surface area contributed by atoms with Crippen LogP contribution >= 0.6 is 11.5 Å². The molecule has 1 aromatic rings. The minimum absolute atomic E-state index is 0.595. The number of carbonyl (C=O) groups is 1. The maximum Gasteiger partial charge on any atom is 0.329 e. The van der Waals surface area contributed by atoms with E-state index in [9.17, 15) is 9.90 Å². The summed E-state index contributed by atoms with van der Waals surface area (Å²) in [6, 6.07) is 0. The summed E-state index contributed by atoms with van der Waals surface area (Å²) in [5.41, 5.74) is -0.959. The molecule has 16 heavy (non-hydrogen) atoms. The third-order valence-electron chi connectivity index (χ3n) is 2.52. The van der Waals surface area contributed by atoms with E-state index in [-0.39, 0.29) is 0 Å². The van der Waals surface area contributed by atoms with E-state index in [4.69, 9.17) is 0 Å². The fraction of sp³-hybridized carbons (Fsp3) is 0.700. The van der Waals surface area contributed by atoms with Crippen LogP contribution in [-0.2, 0) is 11.2 Å². The molecule has 90 valence electrons. The van der Waals surface area contributed by atoms with Crippen LogP contribution < -0.4 is 4.90 Å². The normalized spacial score (nSPS) is 11.5. The van der Waals surface area contributed by atoms with Crippen molar-refractivity contribution in [2.24, 2.45) is 0 Å². The Bertz CT molecular complexity index is 376. The molecule has 0 saturated carbocycles. The Morgan fingerprint density at radius 2 is 2.12 bits per heavy atom. The fourth-order valence-electron chi connectivity index (χ4n) is 1.38. The van der Waals surface area contributed by atoms with Gasteiger partial charge < -0.3 is 10.0 Å². The van der Waals surface area contributed by atoms with E-state index in [1.807, 2.05) is 13.8 Å². The highest BCUT2D eigenvalue weighted by molar-refractivity contribution is 7.09. The lowest BCUT2D eigenvalue weighted by Crippen LogP contribution is -2.50. The van der Waals surface area contributed by atoms with E-state index in [2.05, 4.69) is 9.36 Å². The number of carboxylic acids is 1. The van der Waals surface area contributed by atoms with Crippen molar-refractivity contribution in [3.05, 3.63) is 5.82 Å². The van der Waals surface area contributed by atoms with E-state index >= 15 is 0 Å². The number of carboxylic acid groups (broad SMARTS) is 1. The minimum Gasteiger partial charge on any atom is -0.480 e. The number of hydrogen-bond donors (Lipinski definition) is 1. The van der Waals surface area contributed by atoms with Crippen molar-refractivity contribution in [3.8, 4) is 0 Å². The van der Waals surface area contributed by atoms with Gasteiger partial charge in [-0.1, -0.05) is 6.92 Å². The molecule has 0 bridgehead atoms. The lowest BCUT2D eigenvalue weighted by atomic mass is 10.0. The second kappa shape index (κ2) is 4.78. The molecule has 1 heterocycles. The number of aliphatic carboxylic acids is 1. The highest BCUT2D eigenvalue weighted by Crippen LogP contribution is 2.25. The SMILES string of the molecule is CCc1nsc(N(CC)C(C)(C)C(=O)O)n1. The molecule has 1 rings (SSSR count). The van der Waals surface area contributed by atoms with Crippen LogP contribution in [0.3, 0.4) is 0 Å². The first kappa shape index (κ1) is 12.9. The number of likely N-dealkylation sites (N-methyl/N-ethyl adjacent to an activating group) is 1. The van der Waals surface area contributed by atoms with Gasteiger partial charge in [0.1, 0.15) is 11.4 Å². The molecule has 0 spiro atoms. The molecule has 1 aromatic heterocycles. The number of aryl methyl sites for hydroxylation is 1. The Morgan fingerprint density at radius 1 is 1.50 bits per heavy atom. The van der Waals surface area contributed by atoms with Crippen LogP contribution in [-0.4, -0.2) is 32.5 Å². The van der Waals surface area contributed by atoms with Crippen molar-refractivity contribution in [1.29, 1.82) is 0 Å². The summed E-state index contributed by atoms with van der Waals surface area (Å²) in [7, 11) is 0. The van der Waals surface area contributed by atoms with E-state index in [0.29, 0.717) is 11.7 Å². The molecule has 0 aliphatic rings. The highest BCUT2D eigenvalue weighted by Gasteiger charge is 2.35. The average molecular weight is 243 g/mol. The Balaban J connectivity index is 3.02. The predicted octanol–water partition coefficient (Wildman–Crippen LogP) is 1.79. The molecule has 0 amide bonds. The van der Waals surface area contributed by atoms with Crippen LogP contribution in [0.1, 0.15) is 33.5 Å². The molecular weight excluding hydrogens is 226 g/mol. The molecule has 0 aliphatic heterocycles. The van der Waals surface area contributed by atoms with Crippen LogP contribution in [0.2, 0.25) is 0 Å². The van der Waals surface area contributed by atoms with Crippen LogP contribution in [0.4, 0.5) is 5.13 Å². The third kappa shape index (κ3) is 2.32. The molecule has 0 aliphatic carbocycles. The molecule has 0 aromatic carbocycles. The van der Waals surface area contributed by atoms with Crippen molar-refractivity contribution in [2.45, 2.75) is 39.7 Å². The van der Waals surface area contributed by atoms with Crippen molar-refractivity contribution in [3.63, 3.8) is 0 Å². The van der Waals surface area contributed by atoms with Gasteiger partial charge in [0, 0.05) is 24.5 Å². The molecule has 0 unspecified atom stereocenters. The lowest BCUT2D eigenvalue weighted by molar-refractivity contribution is -0.142. The number of rotatable bonds is 5. The van der Waals surface area contributed by atoms with Crippen LogP contribution in [0, 0.1) is 0 Å². The van der Waals surface area contributed by atoms with Crippen LogP contribution in [0.5, 0.6) is 0 Å². The first-order valence-corrected chi connectivity index (χ1v) is 6.04. The second-order valence-electron chi connectivity index (χ2n) is 3.96. The summed E-state index contributed by atoms with van der Waals surface area (Å²) in [6.45, 7) is 7.83. The summed E-state index contributed by atoms with van der Waals surface area (Å²) >= 11 is 1.25. The van der Waals surface area contributed by atoms with Gasteiger partial charge in [-0.05, 0) is 20.8 Å². The summed E-state index contributed by atoms with van der Waals surface area (Å²) < 4.78 is 4.17. The monoisotopic (exact) mass is 243 g/mol. The number of hydrogen-bond acceptors (Lipinski definition) is 5. The van der Waals surface area contributed by atoms with Gasteiger partial charge >= 0.3 is 5.97 Å². The fourth-order valence-corrected chi connectivity index (χ4v) is 2.34. The lowest BCUT2D eigenvalue weighted by Gasteiger charge is -2.33.